The number of carbonyl (C=O) groups excluding carboxylic acids is 2. The molecule has 0 bridgehead atoms. The molecule has 0 spiro atoms. The second-order valence-corrected chi connectivity index (χ2v) is 2.84. The Morgan fingerprint density at radius 3 is 2.85 bits per heavy atom. The van der Waals surface area contributed by atoms with Gasteiger partial charge in [-0.3, -0.25) is 9.59 Å². The molecule has 0 saturated carbocycles. The minimum Gasteiger partial charge on any atom is -0.297 e. The van der Waals surface area contributed by atoms with E-state index in [-0.39, 0.29) is 12.2 Å². The first-order valence-corrected chi connectivity index (χ1v) is 3.96. The Hall–Kier alpha value is -1.77. The molecule has 0 atom stereocenters. The number of benzene rings is 1. The van der Waals surface area contributed by atoms with Crippen LogP contribution in [0.2, 0.25) is 0 Å². The Morgan fingerprint density at radius 2 is 2.08 bits per heavy atom. The standard InChI is InChI=1S/C10H7NO2/c12-6-7-5-10(13)8-3-1-2-4-9(8)11-7/h1-4,6H,5H2. The quantitative estimate of drug-likeness (QED) is 0.605. The van der Waals surface area contributed by atoms with Crippen LogP contribution in [-0.4, -0.2) is 17.8 Å². The number of para-hydroxylation sites is 1. The van der Waals surface area contributed by atoms with Crippen molar-refractivity contribution in [3.8, 4) is 0 Å². The average Bonchev–Trinajstić information content (AvgIpc) is 2.18. The molecule has 13 heavy (non-hydrogen) atoms. The van der Waals surface area contributed by atoms with Crippen molar-refractivity contribution in [3.05, 3.63) is 29.8 Å². The molecule has 0 amide bonds. The molecule has 64 valence electrons. The number of aliphatic imine (C=N–C) groups is 1. The van der Waals surface area contributed by atoms with Gasteiger partial charge in [-0.2, -0.15) is 0 Å². The zero-order valence-electron chi connectivity index (χ0n) is 6.86. The molecule has 0 fully saturated rings. The molecule has 1 aromatic carbocycles. The summed E-state index contributed by atoms with van der Waals surface area (Å²) in [6.45, 7) is 0. The van der Waals surface area contributed by atoms with Crippen LogP contribution in [0.3, 0.4) is 0 Å². The predicted molar refractivity (Wildman–Crippen MR) is 48.5 cm³/mol. The lowest BCUT2D eigenvalue weighted by molar-refractivity contribution is -0.102. The third-order valence-electron chi connectivity index (χ3n) is 1.95. The molecule has 0 aromatic heterocycles. The largest absolute Gasteiger partial charge is 0.297 e. The summed E-state index contributed by atoms with van der Waals surface area (Å²) in [4.78, 5) is 25.9. The fourth-order valence-electron chi connectivity index (χ4n) is 1.33. The number of aldehydes is 1. The summed E-state index contributed by atoms with van der Waals surface area (Å²) in [5.74, 6) is -0.0345. The molecule has 1 heterocycles. The molecule has 0 radical (unpaired) electrons. The van der Waals surface area contributed by atoms with Crippen molar-refractivity contribution in [3.63, 3.8) is 0 Å². The van der Waals surface area contributed by atoms with Crippen molar-refractivity contribution in [2.75, 3.05) is 0 Å². The zero-order valence-corrected chi connectivity index (χ0v) is 6.86. The summed E-state index contributed by atoms with van der Waals surface area (Å²) in [7, 11) is 0. The van der Waals surface area contributed by atoms with Crippen LogP contribution < -0.4 is 0 Å². The van der Waals surface area contributed by atoms with Crippen LogP contribution in [0.1, 0.15) is 16.8 Å². The normalized spacial score (nSPS) is 14.8. The van der Waals surface area contributed by atoms with Gasteiger partial charge in [-0.1, -0.05) is 12.1 Å². The molecule has 1 aliphatic heterocycles. The van der Waals surface area contributed by atoms with Crippen LogP contribution in [-0.2, 0) is 4.79 Å². The Labute approximate surface area is 75.1 Å². The van der Waals surface area contributed by atoms with E-state index < -0.39 is 0 Å². The van der Waals surface area contributed by atoms with Crippen molar-refractivity contribution in [2.45, 2.75) is 6.42 Å². The minimum atomic E-state index is -0.0345. The summed E-state index contributed by atoms with van der Waals surface area (Å²) < 4.78 is 0. The predicted octanol–water partition coefficient (Wildman–Crippen LogP) is 1.54. The molecular weight excluding hydrogens is 166 g/mol. The van der Waals surface area contributed by atoms with Gasteiger partial charge in [0.1, 0.15) is 0 Å². The third kappa shape index (κ3) is 1.28. The maximum atomic E-state index is 11.4. The van der Waals surface area contributed by atoms with Crippen molar-refractivity contribution in [1.82, 2.24) is 0 Å². The average molecular weight is 173 g/mol. The number of hydrogen-bond donors (Lipinski definition) is 0. The van der Waals surface area contributed by atoms with E-state index >= 15 is 0 Å². The highest BCUT2D eigenvalue weighted by atomic mass is 16.1. The number of fused-ring (bicyclic) bond motifs is 1. The van der Waals surface area contributed by atoms with E-state index in [2.05, 4.69) is 4.99 Å². The monoisotopic (exact) mass is 173 g/mol. The van der Waals surface area contributed by atoms with E-state index in [9.17, 15) is 9.59 Å². The van der Waals surface area contributed by atoms with Crippen LogP contribution in [0.5, 0.6) is 0 Å². The zero-order chi connectivity index (χ0) is 9.26. The van der Waals surface area contributed by atoms with E-state index in [0.29, 0.717) is 23.2 Å². The first-order chi connectivity index (χ1) is 6.31. The van der Waals surface area contributed by atoms with Crippen LogP contribution in [0.25, 0.3) is 0 Å². The molecule has 1 aromatic rings. The maximum Gasteiger partial charge on any atom is 0.171 e. The van der Waals surface area contributed by atoms with Crippen LogP contribution in [0.4, 0.5) is 5.69 Å². The summed E-state index contributed by atoms with van der Waals surface area (Å²) in [6, 6.07) is 7.04. The Balaban J connectivity index is 2.59. The van der Waals surface area contributed by atoms with E-state index in [1.807, 2.05) is 0 Å². The van der Waals surface area contributed by atoms with E-state index in [0.717, 1.165) is 0 Å². The van der Waals surface area contributed by atoms with Gasteiger partial charge in [-0.05, 0) is 12.1 Å². The van der Waals surface area contributed by atoms with Gasteiger partial charge in [0, 0.05) is 5.56 Å². The smallest absolute Gasteiger partial charge is 0.171 e. The van der Waals surface area contributed by atoms with Gasteiger partial charge in [0.15, 0.2) is 12.1 Å². The number of hydrogen-bond acceptors (Lipinski definition) is 3. The number of nitrogens with zero attached hydrogens (tertiary/aromatic N) is 1. The fourth-order valence-corrected chi connectivity index (χ4v) is 1.33. The maximum absolute atomic E-state index is 11.4. The molecular formula is C10H7NO2. The number of Topliss-reactive ketones (excluding diaryl/α,β-unsaturated/α-hetero) is 1. The Morgan fingerprint density at radius 1 is 1.31 bits per heavy atom. The third-order valence-corrected chi connectivity index (χ3v) is 1.95. The molecule has 3 nitrogen and oxygen atoms in total. The number of carbonyl (C=O) groups is 2. The van der Waals surface area contributed by atoms with Crippen LogP contribution in [0.15, 0.2) is 29.3 Å². The lowest BCUT2D eigenvalue weighted by Gasteiger charge is -2.09. The van der Waals surface area contributed by atoms with Gasteiger partial charge in [0.2, 0.25) is 0 Å². The fraction of sp³-hybridized carbons (Fsp3) is 0.100. The van der Waals surface area contributed by atoms with Gasteiger partial charge in [0.05, 0.1) is 17.8 Å². The van der Waals surface area contributed by atoms with E-state index in [4.69, 9.17) is 0 Å². The van der Waals surface area contributed by atoms with Gasteiger partial charge >= 0.3 is 0 Å². The van der Waals surface area contributed by atoms with Gasteiger partial charge in [-0.25, -0.2) is 4.99 Å². The van der Waals surface area contributed by atoms with E-state index in [1.165, 1.54) is 0 Å². The second-order valence-electron chi connectivity index (χ2n) is 2.84. The summed E-state index contributed by atoms with van der Waals surface area (Å²) in [6.07, 6.45) is 0.758. The topological polar surface area (TPSA) is 46.5 Å². The van der Waals surface area contributed by atoms with Gasteiger partial charge < -0.3 is 0 Å². The Bertz CT molecular complexity index is 407. The van der Waals surface area contributed by atoms with Gasteiger partial charge in [0.25, 0.3) is 0 Å². The van der Waals surface area contributed by atoms with Crippen LogP contribution >= 0.6 is 0 Å². The minimum absolute atomic E-state index is 0.0345. The highest BCUT2D eigenvalue weighted by Crippen LogP contribution is 2.24. The van der Waals surface area contributed by atoms with Gasteiger partial charge in [-0.15, -0.1) is 0 Å². The lowest BCUT2D eigenvalue weighted by atomic mass is 10.0. The van der Waals surface area contributed by atoms with Crippen molar-refractivity contribution >= 4 is 23.5 Å². The number of ketones is 1. The first-order valence-electron chi connectivity index (χ1n) is 3.96. The SMILES string of the molecule is O=CC1=Nc2ccccc2C(=O)C1. The van der Waals surface area contributed by atoms with Crippen LogP contribution in [0, 0.1) is 0 Å². The lowest BCUT2D eigenvalue weighted by Crippen LogP contribution is -2.13. The van der Waals surface area contributed by atoms with Crippen molar-refractivity contribution in [1.29, 1.82) is 0 Å². The number of rotatable bonds is 1. The van der Waals surface area contributed by atoms with E-state index in [1.54, 1.807) is 24.3 Å². The summed E-state index contributed by atoms with van der Waals surface area (Å²) >= 11 is 0. The second kappa shape index (κ2) is 2.94. The molecule has 0 unspecified atom stereocenters. The molecule has 3 heteroatoms. The summed E-state index contributed by atoms with van der Waals surface area (Å²) in [5, 5.41) is 0. The highest BCUT2D eigenvalue weighted by molar-refractivity contribution is 6.36. The molecule has 0 saturated heterocycles. The first kappa shape index (κ1) is 7.86. The molecule has 0 aliphatic carbocycles. The van der Waals surface area contributed by atoms with Crippen molar-refractivity contribution in [2.24, 2.45) is 4.99 Å². The highest BCUT2D eigenvalue weighted by Gasteiger charge is 2.18. The summed E-state index contributed by atoms with van der Waals surface area (Å²) in [5.41, 5.74) is 1.51. The molecule has 1 aliphatic rings. The molecule has 2 rings (SSSR count). The molecule has 0 N–H and O–H groups in total. The van der Waals surface area contributed by atoms with Crippen molar-refractivity contribution < 1.29 is 9.59 Å². The Kier molecular flexibility index (Phi) is 1.77.